The number of amides is 1. The maximum atomic E-state index is 12.5. The average molecular weight is 267 g/mol. The van der Waals surface area contributed by atoms with Gasteiger partial charge in [0.1, 0.15) is 0 Å². The van der Waals surface area contributed by atoms with Crippen LogP contribution in [0.1, 0.15) is 39.5 Å². The van der Waals surface area contributed by atoms with Gasteiger partial charge in [0.25, 0.3) is 0 Å². The zero-order chi connectivity index (χ0) is 13.8. The van der Waals surface area contributed by atoms with Crippen molar-refractivity contribution in [3.8, 4) is 0 Å². The Bertz CT molecular complexity index is 298. The topological polar surface area (TPSA) is 49.6 Å². The van der Waals surface area contributed by atoms with Crippen LogP contribution in [0.4, 0.5) is 0 Å². The highest BCUT2D eigenvalue weighted by Crippen LogP contribution is 2.22. The first-order valence-electron chi connectivity index (χ1n) is 7.82. The van der Waals surface area contributed by atoms with Crippen molar-refractivity contribution in [2.45, 2.75) is 45.6 Å². The van der Waals surface area contributed by atoms with Crippen LogP contribution in [0.2, 0.25) is 0 Å². The summed E-state index contributed by atoms with van der Waals surface area (Å²) in [6.45, 7) is 8.65. The second-order valence-electron chi connectivity index (χ2n) is 6.60. The molecule has 0 bridgehead atoms. The second kappa shape index (κ2) is 6.71. The van der Waals surface area contributed by atoms with Crippen LogP contribution in [0.15, 0.2) is 0 Å². The lowest BCUT2D eigenvalue weighted by Crippen LogP contribution is -2.51. The molecule has 3 atom stereocenters. The van der Waals surface area contributed by atoms with Gasteiger partial charge in [0, 0.05) is 25.7 Å². The molecular formula is C15H29N3O. The molecule has 2 aliphatic rings. The number of hydrogen-bond donors (Lipinski definition) is 1. The first-order chi connectivity index (χ1) is 9.10. The van der Waals surface area contributed by atoms with Crippen molar-refractivity contribution in [1.29, 1.82) is 0 Å². The van der Waals surface area contributed by atoms with Gasteiger partial charge < -0.3 is 10.6 Å². The van der Waals surface area contributed by atoms with Crippen LogP contribution in [0.3, 0.4) is 0 Å². The summed E-state index contributed by atoms with van der Waals surface area (Å²) in [5.74, 6) is 1.58. The highest BCUT2D eigenvalue weighted by molar-refractivity contribution is 5.78. The van der Waals surface area contributed by atoms with E-state index in [1.54, 1.807) is 0 Å². The van der Waals surface area contributed by atoms with Gasteiger partial charge in [-0.2, -0.15) is 0 Å². The van der Waals surface area contributed by atoms with Crippen molar-refractivity contribution in [2.24, 2.45) is 17.6 Å². The van der Waals surface area contributed by atoms with Gasteiger partial charge in [0.15, 0.2) is 0 Å². The molecule has 2 aliphatic heterocycles. The fraction of sp³-hybridized carbons (Fsp3) is 0.933. The minimum absolute atomic E-state index is 0.304. The van der Waals surface area contributed by atoms with E-state index in [4.69, 9.17) is 5.73 Å². The molecule has 2 heterocycles. The molecule has 0 aromatic heterocycles. The van der Waals surface area contributed by atoms with E-state index in [-0.39, 0.29) is 0 Å². The molecule has 0 aromatic rings. The SMILES string of the molecule is CC1CC(C)CN(C(=O)CN2CCCCC2CN)C1. The lowest BCUT2D eigenvalue weighted by Gasteiger charge is -2.39. The summed E-state index contributed by atoms with van der Waals surface area (Å²) >= 11 is 0. The minimum atomic E-state index is 0.304. The first kappa shape index (κ1) is 14.8. The molecule has 0 aromatic carbocycles. The molecule has 4 nitrogen and oxygen atoms in total. The van der Waals surface area contributed by atoms with Gasteiger partial charge in [-0.25, -0.2) is 0 Å². The van der Waals surface area contributed by atoms with Gasteiger partial charge in [-0.05, 0) is 37.6 Å². The molecule has 0 aliphatic carbocycles. The van der Waals surface area contributed by atoms with Gasteiger partial charge in [-0.3, -0.25) is 9.69 Å². The van der Waals surface area contributed by atoms with Crippen molar-refractivity contribution in [2.75, 3.05) is 32.7 Å². The quantitative estimate of drug-likeness (QED) is 0.838. The zero-order valence-corrected chi connectivity index (χ0v) is 12.5. The van der Waals surface area contributed by atoms with E-state index in [2.05, 4.69) is 23.6 Å². The highest BCUT2D eigenvalue weighted by Gasteiger charge is 2.29. The smallest absolute Gasteiger partial charge is 0.236 e. The van der Waals surface area contributed by atoms with Gasteiger partial charge in [0.2, 0.25) is 5.91 Å². The summed E-state index contributed by atoms with van der Waals surface area (Å²) < 4.78 is 0. The Balaban J connectivity index is 1.88. The van der Waals surface area contributed by atoms with Crippen LogP contribution in [-0.2, 0) is 4.79 Å². The van der Waals surface area contributed by atoms with Crippen molar-refractivity contribution in [1.82, 2.24) is 9.80 Å². The normalized spacial score (nSPS) is 33.4. The van der Waals surface area contributed by atoms with E-state index < -0.39 is 0 Å². The average Bonchev–Trinajstić information content (AvgIpc) is 2.38. The lowest BCUT2D eigenvalue weighted by atomic mass is 9.92. The molecule has 2 saturated heterocycles. The molecule has 0 saturated carbocycles. The second-order valence-corrected chi connectivity index (χ2v) is 6.60. The molecule has 3 unspecified atom stereocenters. The van der Waals surface area contributed by atoms with Gasteiger partial charge in [-0.15, -0.1) is 0 Å². The van der Waals surface area contributed by atoms with E-state index in [1.807, 2.05) is 0 Å². The largest absolute Gasteiger partial charge is 0.341 e. The number of nitrogens with two attached hydrogens (primary N) is 1. The molecular weight excluding hydrogens is 238 g/mol. The maximum Gasteiger partial charge on any atom is 0.236 e. The number of carbonyl (C=O) groups is 1. The number of carbonyl (C=O) groups excluding carboxylic acids is 1. The standard InChI is InChI=1S/C15H29N3O/c1-12-7-13(2)10-18(9-12)15(19)11-17-6-4-3-5-14(17)8-16/h12-14H,3-11,16H2,1-2H3. The predicted octanol–water partition coefficient (Wildman–Crippen LogP) is 1.30. The molecule has 4 heteroatoms. The zero-order valence-electron chi connectivity index (χ0n) is 12.5. The predicted molar refractivity (Wildman–Crippen MR) is 77.8 cm³/mol. The Morgan fingerprint density at radius 3 is 2.53 bits per heavy atom. The molecule has 1 amide bonds. The monoisotopic (exact) mass is 267 g/mol. The summed E-state index contributed by atoms with van der Waals surface area (Å²) in [5.41, 5.74) is 5.83. The Hall–Kier alpha value is -0.610. The van der Waals surface area contributed by atoms with Crippen LogP contribution in [0, 0.1) is 11.8 Å². The third kappa shape index (κ3) is 3.93. The molecule has 19 heavy (non-hydrogen) atoms. The summed E-state index contributed by atoms with van der Waals surface area (Å²) in [5, 5.41) is 0. The van der Waals surface area contributed by atoms with Gasteiger partial charge in [-0.1, -0.05) is 20.3 Å². The molecule has 0 spiro atoms. The Labute approximate surface area is 117 Å². The molecule has 2 rings (SSSR count). The number of piperidine rings is 2. The Kier molecular flexibility index (Phi) is 5.22. The number of likely N-dealkylation sites (tertiary alicyclic amines) is 2. The van der Waals surface area contributed by atoms with E-state index >= 15 is 0 Å². The summed E-state index contributed by atoms with van der Waals surface area (Å²) in [4.78, 5) is 16.8. The van der Waals surface area contributed by atoms with Crippen molar-refractivity contribution in [3.63, 3.8) is 0 Å². The molecule has 2 fully saturated rings. The molecule has 110 valence electrons. The van der Waals surface area contributed by atoms with Crippen molar-refractivity contribution in [3.05, 3.63) is 0 Å². The third-order valence-corrected chi connectivity index (χ3v) is 4.58. The van der Waals surface area contributed by atoms with Crippen LogP contribution in [0.5, 0.6) is 0 Å². The van der Waals surface area contributed by atoms with E-state index in [9.17, 15) is 4.79 Å². The summed E-state index contributed by atoms with van der Waals surface area (Å²) in [6, 6.07) is 0.414. The molecule has 2 N–H and O–H groups in total. The van der Waals surface area contributed by atoms with E-state index in [0.717, 1.165) is 26.1 Å². The van der Waals surface area contributed by atoms with E-state index in [0.29, 0.717) is 36.9 Å². The van der Waals surface area contributed by atoms with Crippen LogP contribution < -0.4 is 5.73 Å². The van der Waals surface area contributed by atoms with E-state index in [1.165, 1.54) is 19.3 Å². The first-order valence-corrected chi connectivity index (χ1v) is 7.82. The Morgan fingerprint density at radius 2 is 1.89 bits per heavy atom. The van der Waals surface area contributed by atoms with Gasteiger partial charge in [0.05, 0.1) is 6.54 Å². The maximum absolute atomic E-state index is 12.5. The third-order valence-electron chi connectivity index (χ3n) is 4.58. The van der Waals surface area contributed by atoms with Crippen LogP contribution in [0.25, 0.3) is 0 Å². The number of rotatable bonds is 3. The summed E-state index contributed by atoms with van der Waals surface area (Å²) in [7, 11) is 0. The van der Waals surface area contributed by atoms with Gasteiger partial charge >= 0.3 is 0 Å². The summed E-state index contributed by atoms with van der Waals surface area (Å²) in [6.07, 6.45) is 4.86. The lowest BCUT2D eigenvalue weighted by molar-refractivity contribution is -0.136. The molecule has 0 radical (unpaired) electrons. The number of hydrogen-bond acceptors (Lipinski definition) is 3. The minimum Gasteiger partial charge on any atom is -0.341 e. The van der Waals surface area contributed by atoms with Crippen molar-refractivity contribution >= 4 is 5.91 Å². The number of nitrogens with zero attached hydrogens (tertiary/aromatic N) is 2. The van der Waals surface area contributed by atoms with Crippen LogP contribution >= 0.6 is 0 Å². The fourth-order valence-corrected chi connectivity index (χ4v) is 3.68. The Morgan fingerprint density at radius 1 is 1.21 bits per heavy atom. The van der Waals surface area contributed by atoms with Crippen molar-refractivity contribution < 1.29 is 4.79 Å². The van der Waals surface area contributed by atoms with Crippen LogP contribution in [-0.4, -0.2) is 54.5 Å². The fourth-order valence-electron chi connectivity index (χ4n) is 3.68. The highest BCUT2D eigenvalue weighted by atomic mass is 16.2.